The highest BCUT2D eigenvalue weighted by atomic mass is 32.2. The van der Waals surface area contributed by atoms with Gasteiger partial charge in [0.1, 0.15) is 10.7 Å². The Morgan fingerprint density at radius 1 is 1.21 bits per heavy atom. The van der Waals surface area contributed by atoms with E-state index < -0.39 is 11.8 Å². The van der Waals surface area contributed by atoms with Crippen molar-refractivity contribution in [1.82, 2.24) is 19.1 Å². The molecule has 0 N–H and O–H groups in total. The number of alkyl halides is 2. The summed E-state index contributed by atoms with van der Waals surface area (Å²) in [5, 5.41) is 0.836. The molecule has 150 valence electrons. The molecule has 3 aromatic heterocycles. The van der Waals surface area contributed by atoms with Crippen LogP contribution < -0.4 is 5.56 Å². The van der Waals surface area contributed by atoms with Crippen LogP contribution in [-0.2, 0) is 19.9 Å². The molecular weight excluding hydrogens is 414 g/mol. The molecule has 0 bridgehead atoms. The van der Waals surface area contributed by atoms with Crippen LogP contribution in [0, 0.1) is 0 Å². The Balaban J connectivity index is 1.58. The van der Waals surface area contributed by atoms with E-state index in [1.807, 2.05) is 6.92 Å². The van der Waals surface area contributed by atoms with Gasteiger partial charge in [0.05, 0.1) is 21.7 Å². The second kappa shape index (κ2) is 6.91. The van der Waals surface area contributed by atoms with Crippen molar-refractivity contribution in [3.8, 4) is 0 Å². The molecule has 0 spiro atoms. The van der Waals surface area contributed by atoms with Gasteiger partial charge in [-0.1, -0.05) is 23.9 Å². The van der Waals surface area contributed by atoms with Gasteiger partial charge in [0.15, 0.2) is 5.16 Å². The van der Waals surface area contributed by atoms with Crippen LogP contribution in [0.25, 0.3) is 21.3 Å². The zero-order chi connectivity index (χ0) is 20.3. The third kappa shape index (κ3) is 2.90. The Morgan fingerprint density at radius 3 is 2.79 bits per heavy atom. The maximum absolute atomic E-state index is 13.8. The standard InChI is InChI=1S/C20H18F2N4OS2/c1-10(16-23-12-7-3-4-8-13(12)26(16)19(21)22)28-20-24-17-15(18(27)25(20)2)11-6-5-9-14(11)29-17/h3-4,7-8,10,19H,5-6,9H2,1-2H3. The van der Waals surface area contributed by atoms with Gasteiger partial charge < -0.3 is 0 Å². The molecule has 0 radical (unpaired) electrons. The van der Waals surface area contributed by atoms with E-state index in [0.29, 0.717) is 16.2 Å². The van der Waals surface area contributed by atoms with Crippen LogP contribution in [0.1, 0.15) is 41.4 Å². The zero-order valence-corrected chi connectivity index (χ0v) is 17.5. The number of nitrogens with zero attached hydrogens (tertiary/aromatic N) is 4. The zero-order valence-electron chi connectivity index (χ0n) is 15.9. The minimum absolute atomic E-state index is 0.0635. The van der Waals surface area contributed by atoms with Gasteiger partial charge in [0.2, 0.25) is 0 Å². The third-order valence-corrected chi connectivity index (χ3v) is 7.70. The Bertz CT molecular complexity index is 1310. The second-order valence-corrected chi connectivity index (χ2v) is 9.55. The molecule has 0 fully saturated rings. The van der Waals surface area contributed by atoms with Gasteiger partial charge in [-0.3, -0.25) is 13.9 Å². The first-order valence-corrected chi connectivity index (χ1v) is 11.1. The highest BCUT2D eigenvalue weighted by molar-refractivity contribution is 7.99. The minimum Gasteiger partial charge on any atom is -0.290 e. The quantitative estimate of drug-likeness (QED) is 0.333. The number of imidazole rings is 1. The number of fused-ring (bicyclic) bond motifs is 4. The van der Waals surface area contributed by atoms with Crippen molar-refractivity contribution in [2.24, 2.45) is 7.05 Å². The number of para-hydroxylation sites is 2. The van der Waals surface area contributed by atoms with E-state index in [1.54, 1.807) is 42.6 Å². The Morgan fingerprint density at radius 2 is 2.00 bits per heavy atom. The number of rotatable bonds is 4. The number of halogens is 2. The number of thioether (sulfide) groups is 1. The smallest absolute Gasteiger partial charge is 0.290 e. The van der Waals surface area contributed by atoms with Gasteiger partial charge >= 0.3 is 6.55 Å². The van der Waals surface area contributed by atoms with E-state index in [9.17, 15) is 13.6 Å². The molecule has 9 heteroatoms. The number of benzene rings is 1. The first-order chi connectivity index (χ1) is 14.0. The molecule has 3 heterocycles. The van der Waals surface area contributed by atoms with Crippen LogP contribution in [0.3, 0.4) is 0 Å². The van der Waals surface area contributed by atoms with E-state index in [1.165, 1.54) is 21.2 Å². The Hall–Kier alpha value is -2.26. The molecule has 4 aromatic rings. The number of thiophene rings is 1. The van der Waals surface area contributed by atoms with Gasteiger partial charge in [0, 0.05) is 11.9 Å². The molecule has 5 rings (SSSR count). The molecular formula is C20H18F2N4OS2. The number of hydrogen-bond acceptors (Lipinski definition) is 5. The fourth-order valence-electron chi connectivity index (χ4n) is 3.98. The van der Waals surface area contributed by atoms with E-state index in [2.05, 4.69) is 4.98 Å². The summed E-state index contributed by atoms with van der Waals surface area (Å²) in [6.07, 6.45) is 3.00. The Kier molecular flexibility index (Phi) is 4.47. The minimum atomic E-state index is -2.69. The predicted octanol–water partition coefficient (Wildman–Crippen LogP) is 5.08. The van der Waals surface area contributed by atoms with Crippen LogP contribution in [0.5, 0.6) is 0 Å². The van der Waals surface area contributed by atoms with Crippen LogP contribution >= 0.6 is 23.1 Å². The summed E-state index contributed by atoms with van der Waals surface area (Å²) in [5.74, 6) is 0.272. The van der Waals surface area contributed by atoms with Crippen molar-refractivity contribution >= 4 is 44.3 Å². The predicted molar refractivity (Wildman–Crippen MR) is 112 cm³/mol. The highest BCUT2D eigenvalue weighted by Crippen LogP contribution is 2.39. The fourth-order valence-corrected chi connectivity index (χ4v) is 6.26. The normalized spacial score (nSPS) is 14.9. The van der Waals surface area contributed by atoms with Crippen LogP contribution in [0.2, 0.25) is 0 Å². The first kappa shape index (κ1) is 18.7. The lowest BCUT2D eigenvalue weighted by molar-refractivity contribution is 0.0715. The van der Waals surface area contributed by atoms with Gasteiger partial charge in [0.25, 0.3) is 5.56 Å². The SMILES string of the molecule is CC(Sc1nc2sc3c(c2c(=O)n1C)CCC3)c1nc2ccccc2n1C(F)F. The summed E-state index contributed by atoms with van der Waals surface area (Å²) in [4.78, 5) is 24.1. The van der Waals surface area contributed by atoms with Crippen molar-refractivity contribution in [2.75, 3.05) is 0 Å². The molecule has 1 aromatic carbocycles. The second-order valence-electron chi connectivity index (χ2n) is 7.16. The largest absolute Gasteiger partial charge is 0.320 e. The van der Waals surface area contributed by atoms with Crippen molar-refractivity contribution in [3.05, 3.63) is 50.9 Å². The lowest BCUT2D eigenvalue weighted by Crippen LogP contribution is -2.20. The average molecular weight is 433 g/mol. The molecule has 0 aliphatic heterocycles. The summed E-state index contributed by atoms with van der Waals surface area (Å²) in [6.45, 7) is -0.879. The lowest BCUT2D eigenvalue weighted by Gasteiger charge is -2.15. The van der Waals surface area contributed by atoms with E-state index in [0.717, 1.165) is 39.6 Å². The Labute approximate surface area is 173 Å². The lowest BCUT2D eigenvalue weighted by atomic mass is 10.2. The first-order valence-electron chi connectivity index (χ1n) is 9.38. The van der Waals surface area contributed by atoms with Gasteiger partial charge in [-0.15, -0.1) is 11.3 Å². The summed E-state index contributed by atoms with van der Waals surface area (Å²) in [6, 6.07) is 6.87. The van der Waals surface area contributed by atoms with E-state index >= 15 is 0 Å². The topological polar surface area (TPSA) is 52.7 Å². The molecule has 1 atom stereocenters. The summed E-state index contributed by atoms with van der Waals surface area (Å²) >= 11 is 2.86. The van der Waals surface area contributed by atoms with Gasteiger partial charge in [-0.05, 0) is 43.9 Å². The van der Waals surface area contributed by atoms with Crippen molar-refractivity contribution in [3.63, 3.8) is 0 Å². The van der Waals surface area contributed by atoms with Crippen molar-refractivity contribution in [1.29, 1.82) is 0 Å². The molecule has 29 heavy (non-hydrogen) atoms. The number of hydrogen-bond donors (Lipinski definition) is 0. The summed E-state index contributed by atoms with van der Waals surface area (Å²) < 4.78 is 30.1. The molecule has 1 unspecified atom stereocenters. The van der Waals surface area contributed by atoms with Crippen molar-refractivity contribution < 1.29 is 8.78 Å². The van der Waals surface area contributed by atoms with Crippen LogP contribution in [0.15, 0.2) is 34.2 Å². The molecule has 1 aliphatic rings. The average Bonchev–Trinajstić information content (AvgIpc) is 3.37. The maximum atomic E-state index is 13.8. The van der Waals surface area contributed by atoms with Crippen molar-refractivity contribution in [2.45, 2.75) is 43.1 Å². The number of aryl methyl sites for hydroxylation is 2. The molecule has 1 aliphatic carbocycles. The molecule has 0 saturated carbocycles. The fraction of sp³-hybridized carbons (Fsp3) is 0.350. The molecule has 5 nitrogen and oxygen atoms in total. The summed E-state index contributed by atoms with van der Waals surface area (Å²) in [7, 11) is 1.69. The van der Waals surface area contributed by atoms with Crippen LogP contribution in [-0.4, -0.2) is 19.1 Å². The maximum Gasteiger partial charge on any atom is 0.320 e. The highest BCUT2D eigenvalue weighted by Gasteiger charge is 2.26. The van der Waals surface area contributed by atoms with Gasteiger partial charge in [-0.25, -0.2) is 9.97 Å². The van der Waals surface area contributed by atoms with E-state index in [4.69, 9.17) is 4.98 Å². The van der Waals surface area contributed by atoms with Crippen LogP contribution in [0.4, 0.5) is 8.78 Å². The van der Waals surface area contributed by atoms with Gasteiger partial charge in [-0.2, -0.15) is 8.78 Å². The monoisotopic (exact) mass is 432 g/mol. The third-order valence-electron chi connectivity index (χ3n) is 5.37. The number of aromatic nitrogens is 4. The van der Waals surface area contributed by atoms with E-state index in [-0.39, 0.29) is 11.4 Å². The molecule has 0 saturated heterocycles. The molecule has 0 amide bonds. The summed E-state index contributed by atoms with van der Waals surface area (Å²) in [5.41, 5.74) is 2.01.